The van der Waals surface area contributed by atoms with Crippen LogP contribution in [0.1, 0.15) is 39.5 Å². The van der Waals surface area contributed by atoms with E-state index >= 15 is 0 Å². The fraction of sp³-hybridized carbons (Fsp3) is 0.750. The molecule has 0 fully saturated rings. The molecular formula is C8H16N2. The maximum atomic E-state index is 7.13. The van der Waals surface area contributed by atoms with Crippen molar-refractivity contribution in [3.05, 3.63) is 0 Å². The van der Waals surface area contributed by atoms with Crippen molar-refractivity contribution in [1.29, 1.82) is 10.8 Å². The van der Waals surface area contributed by atoms with Gasteiger partial charge in [-0.3, -0.25) is 0 Å². The zero-order valence-corrected chi connectivity index (χ0v) is 6.83. The number of rotatable bonds is 5. The molecule has 10 heavy (non-hydrogen) atoms. The van der Waals surface area contributed by atoms with Crippen molar-refractivity contribution >= 4 is 11.4 Å². The summed E-state index contributed by atoms with van der Waals surface area (Å²) in [6, 6.07) is 0. The van der Waals surface area contributed by atoms with Gasteiger partial charge in [-0.2, -0.15) is 0 Å². The fourth-order valence-electron chi connectivity index (χ4n) is 0.780. The van der Waals surface area contributed by atoms with Crippen LogP contribution in [0.2, 0.25) is 0 Å². The SMILES string of the molecule is CC(=N)CCCCC(C)=N. The quantitative estimate of drug-likeness (QED) is 0.435. The summed E-state index contributed by atoms with van der Waals surface area (Å²) in [5, 5.41) is 14.3. The molecule has 0 saturated heterocycles. The van der Waals surface area contributed by atoms with Gasteiger partial charge in [-0.1, -0.05) is 0 Å². The number of hydrogen-bond acceptors (Lipinski definition) is 2. The summed E-state index contributed by atoms with van der Waals surface area (Å²) in [7, 11) is 0. The van der Waals surface area contributed by atoms with Crippen molar-refractivity contribution in [3.63, 3.8) is 0 Å². The Hall–Kier alpha value is -0.660. The molecular weight excluding hydrogens is 124 g/mol. The number of nitrogens with one attached hydrogen (secondary N) is 2. The van der Waals surface area contributed by atoms with Gasteiger partial charge in [-0.25, -0.2) is 0 Å². The van der Waals surface area contributed by atoms with Gasteiger partial charge in [-0.15, -0.1) is 0 Å². The maximum Gasteiger partial charge on any atom is 0.00582 e. The third-order valence-electron chi connectivity index (χ3n) is 1.35. The molecule has 0 aliphatic rings. The lowest BCUT2D eigenvalue weighted by molar-refractivity contribution is 0.787. The van der Waals surface area contributed by atoms with Crippen LogP contribution in [0.3, 0.4) is 0 Å². The molecule has 0 aromatic heterocycles. The second-order valence-electron chi connectivity index (χ2n) is 2.77. The Morgan fingerprint density at radius 1 is 0.900 bits per heavy atom. The molecule has 0 bridgehead atoms. The van der Waals surface area contributed by atoms with E-state index < -0.39 is 0 Å². The largest absolute Gasteiger partial charge is 0.310 e. The lowest BCUT2D eigenvalue weighted by atomic mass is 10.1. The summed E-state index contributed by atoms with van der Waals surface area (Å²) < 4.78 is 0. The molecule has 0 aliphatic carbocycles. The van der Waals surface area contributed by atoms with Gasteiger partial charge in [0.2, 0.25) is 0 Å². The highest BCUT2D eigenvalue weighted by atomic mass is 14.4. The van der Waals surface area contributed by atoms with E-state index in [1.165, 1.54) is 0 Å². The van der Waals surface area contributed by atoms with Crippen molar-refractivity contribution in [2.75, 3.05) is 0 Å². The lowest BCUT2D eigenvalue weighted by Gasteiger charge is -1.97. The topological polar surface area (TPSA) is 47.7 Å². The van der Waals surface area contributed by atoms with Gasteiger partial charge in [0, 0.05) is 11.4 Å². The van der Waals surface area contributed by atoms with E-state index in [-0.39, 0.29) is 0 Å². The van der Waals surface area contributed by atoms with Crippen LogP contribution in [0.15, 0.2) is 0 Å². The standard InChI is InChI=1S/C8H16N2/c1-7(9)5-3-4-6-8(2)10/h9-10H,3-6H2,1-2H3. The summed E-state index contributed by atoms with van der Waals surface area (Å²) in [5.41, 5.74) is 1.50. The molecule has 0 aliphatic heterocycles. The molecule has 0 unspecified atom stereocenters. The van der Waals surface area contributed by atoms with Crippen LogP contribution in [0.4, 0.5) is 0 Å². The highest BCUT2D eigenvalue weighted by Gasteiger charge is 1.91. The van der Waals surface area contributed by atoms with Gasteiger partial charge >= 0.3 is 0 Å². The Morgan fingerprint density at radius 3 is 1.40 bits per heavy atom. The van der Waals surface area contributed by atoms with Gasteiger partial charge in [0.05, 0.1) is 0 Å². The van der Waals surface area contributed by atoms with Crippen LogP contribution in [-0.2, 0) is 0 Å². The lowest BCUT2D eigenvalue weighted by Crippen LogP contribution is -1.91. The van der Waals surface area contributed by atoms with Crippen LogP contribution in [0.5, 0.6) is 0 Å². The first-order chi connectivity index (χ1) is 4.63. The van der Waals surface area contributed by atoms with Crippen LogP contribution in [0, 0.1) is 10.8 Å². The van der Waals surface area contributed by atoms with Crippen molar-refractivity contribution < 1.29 is 0 Å². The Morgan fingerprint density at radius 2 is 1.20 bits per heavy atom. The summed E-state index contributed by atoms with van der Waals surface area (Å²) >= 11 is 0. The first-order valence-electron chi connectivity index (χ1n) is 3.71. The van der Waals surface area contributed by atoms with E-state index in [2.05, 4.69) is 0 Å². The fourth-order valence-corrected chi connectivity index (χ4v) is 0.780. The minimum Gasteiger partial charge on any atom is -0.310 e. The maximum absolute atomic E-state index is 7.13. The van der Waals surface area contributed by atoms with Crippen molar-refractivity contribution in [1.82, 2.24) is 0 Å². The van der Waals surface area contributed by atoms with Crippen molar-refractivity contribution in [3.8, 4) is 0 Å². The summed E-state index contributed by atoms with van der Waals surface area (Å²) in [5.74, 6) is 0. The molecule has 0 spiro atoms. The molecule has 0 heterocycles. The molecule has 0 radical (unpaired) electrons. The Balaban J connectivity index is 3.06. The Kier molecular flexibility index (Phi) is 4.81. The van der Waals surface area contributed by atoms with Crippen molar-refractivity contribution in [2.45, 2.75) is 39.5 Å². The average Bonchev–Trinajstić information content (AvgIpc) is 1.79. The third-order valence-corrected chi connectivity index (χ3v) is 1.35. The van der Waals surface area contributed by atoms with Gasteiger partial charge in [0.25, 0.3) is 0 Å². The third kappa shape index (κ3) is 7.34. The zero-order valence-electron chi connectivity index (χ0n) is 6.83. The monoisotopic (exact) mass is 140 g/mol. The molecule has 0 aromatic rings. The number of unbranched alkanes of at least 4 members (excludes halogenated alkanes) is 1. The molecule has 0 atom stereocenters. The highest BCUT2D eigenvalue weighted by molar-refractivity contribution is 5.79. The minimum atomic E-state index is 0.752. The summed E-state index contributed by atoms with van der Waals surface area (Å²) in [6.07, 6.45) is 3.91. The molecule has 0 aromatic carbocycles. The second kappa shape index (κ2) is 5.15. The first kappa shape index (κ1) is 9.34. The predicted octanol–water partition coefficient (Wildman–Crippen LogP) is 2.63. The van der Waals surface area contributed by atoms with E-state index in [4.69, 9.17) is 10.8 Å². The van der Waals surface area contributed by atoms with Gasteiger partial charge in [0.15, 0.2) is 0 Å². The summed E-state index contributed by atoms with van der Waals surface area (Å²) in [4.78, 5) is 0. The van der Waals surface area contributed by atoms with Crippen LogP contribution in [-0.4, -0.2) is 11.4 Å². The predicted molar refractivity (Wildman–Crippen MR) is 45.3 cm³/mol. The van der Waals surface area contributed by atoms with Gasteiger partial charge in [0.1, 0.15) is 0 Å². The van der Waals surface area contributed by atoms with Crippen LogP contribution in [0.25, 0.3) is 0 Å². The van der Waals surface area contributed by atoms with E-state index in [1.54, 1.807) is 0 Å². The molecule has 2 N–H and O–H groups in total. The van der Waals surface area contributed by atoms with E-state index in [9.17, 15) is 0 Å². The van der Waals surface area contributed by atoms with Gasteiger partial charge < -0.3 is 10.8 Å². The van der Waals surface area contributed by atoms with E-state index in [1.807, 2.05) is 13.8 Å². The Labute approximate surface area is 62.7 Å². The molecule has 2 heteroatoms. The average molecular weight is 140 g/mol. The second-order valence-corrected chi connectivity index (χ2v) is 2.77. The van der Waals surface area contributed by atoms with E-state index in [0.29, 0.717) is 0 Å². The van der Waals surface area contributed by atoms with Crippen LogP contribution >= 0.6 is 0 Å². The van der Waals surface area contributed by atoms with Crippen molar-refractivity contribution in [2.24, 2.45) is 0 Å². The molecule has 2 nitrogen and oxygen atoms in total. The normalized spacial score (nSPS) is 9.40. The summed E-state index contributed by atoms with van der Waals surface area (Å²) in [6.45, 7) is 3.66. The first-order valence-corrected chi connectivity index (χ1v) is 3.71. The Bertz CT molecular complexity index is 111. The zero-order chi connectivity index (χ0) is 7.98. The highest BCUT2D eigenvalue weighted by Crippen LogP contribution is 2.00. The smallest absolute Gasteiger partial charge is 0.00582 e. The molecule has 58 valence electrons. The molecule has 0 rings (SSSR count). The van der Waals surface area contributed by atoms with Crippen LogP contribution < -0.4 is 0 Å². The minimum absolute atomic E-state index is 0.752. The molecule has 0 saturated carbocycles. The van der Waals surface area contributed by atoms with Gasteiger partial charge in [-0.05, 0) is 39.5 Å². The van der Waals surface area contributed by atoms with E-state index in [0.717, 1.165) is 37.1 Å². The number of hydrogen-bond donors (Lipinski definition) is 2. The molecule has 0 amide bonds.